The number of allylic oxidation sites excluding steroid dienone is 1. The summed E-state index contributed by atoms with van der Waals surface area (Å²) in [6.45, 7) is 5.34. The summed E-state index contributed by atoms with van der Waals surface area (Å²) in [6.07, 6.45) is -5.82. The number of hydrogen-bond acceptors (Lipinski definition) is 11. The van der Waals surface area contributed by atoms with Crippen LogP contribution in [-0.2, 0) is 35.0 Å². The lowest BCUT2D eigenvalue weighted by Gasteiger charge is -2.40. The van der Waals surface area contributed by atoms with E-state index in [0.717, 1.165) is 16.7 Å². The minimum atomic E-state index is -1.62. The van der Waals surface area contributed by atoms with Crippen molar-refractivity contribution in [1.82, 2.24) is 0 Å². The summed E-state index contributed by atoms with van der Waals surface area (Å²) in [5.74, 6) is -1.97. The second-order valence-electron chi connectivity index (χ2n) is 10.8. The molecule has 2 aliphatic heterocycles. The molecule has 2 heterocycles. The summed E-state index contributed by atoms with van der Waals surface area (Å²) in [5, 5.41) is 51.5. The Hall–Kier alpha value is -3.06. The van der Waals surface area contributed by atoms with Crippen molar-refractivity contribution >= 4 is 11.9 Å². The molecule has 1 aromatic carbocycles. The van der Waals surface area contributed by atoms with E-state index in [1.165, 1.54) is 12.1 Å². The highest BCUT2D eigenvalue weighted by atomic mass is 16.7. The van der Waals surface area contributed by atoms with E-state index >= 15 is 0 Å². The molecule has 0 saturated carbocycles. The van der Waals surface area contributed by atoms with Crippen LogP contribution in [0.2, 0.25) is 0 Å². The molecule has 216 valence electrons. The molecule has 5 N–H and O–H groups in total. The molecule has 2 fully saturated rings. The fourth-order valence-electron chi connectivity index (χ4n) is 6.00. The molecular formula is C29H34O11. The molecule has 0 radical (unpaired) electrons. The normalized spacial score (nSPS) is 35.5. The van der Waals surface area contributed by atoms with Gasteiger partial charge in [0.05, 0.1) is 25.0 Å². The zero-order valence-corrected chi connectivity index (χ0v) is 22.0. The number of esters is 2. The second-order valence-corrected chi connectivity index (χ2v) is 10.8. The van der Waals surface area contributed by atoms with Gasteiger partial charge in [-0.25, -0.2) is 4.79 Å². The minimum absolute atomic E-state index is 0.0390. The molecule has 2 saturated heterocycles. The average molecular weight is 559 g/mol. The maximum atomic E-state index is 12.3. The van der Waals surface area contributed by atoms with Gasteiger partial charge in [-0.2, -0.15) is 0 Å². The van der Waals surface area contributed by atoms with Crippen LogP contribution in [0.25, 0.3) is 0 Å². The molecule has 9 unspecified atom stereocenters. The number of rotatable bonds is 7. The molecule has 5 rings (SSSR count). The summed E-state index contributed by atoms with van der Waals surface area (Å²) in [7, 11) is 0. The van der Waals surface area contributed by atoms with Crippen LogP contribution < -0.4 is 0 Å². The molecule has 0 spiro atoms. The number of fused-ring (bicyclic) bond motifs is 3. The van der Waals surface area contributed by atoms with Crippen LogP contribution in [0.1, 0.15) is 25.3 Å². The topological polar surface area (TPSA) is 172 Å². The van der Waals surface area contributed by atoms with Crippen molar-refractivity contribution in [3.63, 3.8) is 0 Å². The van der Waals surface area contributed by atoms with Crippen molar-refractivity contribution in [2.75, 3.05) is 13.2 Å². The van der Waals surface area contributed by atoms with Crippen LogP contribution in [0.15, 0.2) is 59.2 Å². The minimum Gasteiger partial charge on any atom is -0.508 e. The Morgan fingerprint density at radius 3 is 2.55 bits per heavy atom. The molecule has 40 heavy (non-hydrogen) atoms. The lowest BCUT2D eigenvalue weighted by molar-refractivity contribution is -0.299. The van der Waals surface area contributed by atoms with Crippen molar-refractivity contribution < 1.29 is 54.1 Å². The predicted octanol–water partition coefficient (Wildman–Crippen LogP) is 0.427. The van der Waals surface area contributed by atoms with E-state index < -0.39 is 67.4 Å². The van der Waals surface area contributed by atoms with Crippen molar-refractivity contribution in [3.05, 3.63) is 64.8 Å². The monoisotopic (exact) mass is 558 g/mol. The molecule has 1 aromatic rings. The second kappa shape index (κ2) is 11.4. The van der Waals surface area contributed by atoms with Gasteiger partial charge < -0.3 is 44.5 Å². The number of aliphatic hydroxyl groups is 4. The molecule has 11 nitrogen and oxygen atoms in total. The maximum Gasteiger partial charge on any atom is 0.334 e. The van der Waals surface area contributed by atoms with Crippen LogP contribution in [0, 0.1) is 11.8 Å². The fraction of sp³-hybridized carbons (Fsp3) is 0.517. The van der Waals surface area contributed by atoms with E-state index in [0.29, 0.717) is 18.4 Å². The first kappa shape index (κ1) is 28.5. The fourth-order valence-corrected chi connectivity index (χ4v) is 6.00. The van der Waals surface area contributed by atoms with Gasteiger partial charge in [0.25, 0.3) is 0 Å². The highest BCUT2D eigenvalue weighted by Gasteiger charge is 2.52. The molecule has 4 aliphatic rings. The van der Waals surface area contributed by atoms with Gasteiger partial charge in [-0.15, -0.1) is 0 Å². The number of carbonyl (C=O) groups is 2. The number of hydrogen-bond donors (Lipinski definition) is 5. The van der Waals surface area contributed by atoms with Crippen LogP contribution in [-0.4, -0.2) is 93.6 Å². The van der Waals surface area contributed by atoms with Gasteiger partial charge >= 0.3 is 11.9 Å². The molecule has 11 heteroatoms. The third-order valence-electron chi connectivity index (χ3n) is 8.20. The summed E-state index contributed by atoms with van der Waals surface area (Å²) in [4.78, 5) is 24.6. The van der Waals surface area contributed by atoms with Gasteiger partial charge in [-0.3, -0.25) is 4.79 Å². The largest absolute Gasteiger partial charge is 0.508 e. The first-order valence-corrected chi connectivity index (χ1v) is 13.2. The first-order valence-electron chi connectivity index (χ1n) is 13.2. The summed E-state index contributed by atoms with van der Waals surface area (Å²) >= 11 is 0. The van der Waals surface area contributed by atoms with Crippen LogP contribution in [0.5, 0.6) is 5.75 Å². The van der Waals surface area contributed by atoms with Gasteiger partial charge in [0.1, 0.15) is 42.9 Å². The number of phenols is 1. The zero-order chi connectivity index (χ0) is 28.7. The van der Waals surface area contributed by atoms with Crippen LogP contribution >= 0.6 is 0 Å². The van der Waals surface area contributed by atoms with E-state index in [-0.39, 0.29) is 30.3 Å². The van der Waals surface area contributed by atoms with E-state index in [4.69, 9.17) is 18.9 Å². The van der Waals surface area contributed by atoms with Gasteiger partial charge in [0.15, 0.2) is 6.29 Å². The Labute approximate surface area is 230 Å². The van der Waals surface area contributed by atoms with E-state index in [2.05, 4.69) is 6.58 Å². The lowest BCUT2D eigenvalue weighted by atomic mass is 9.82. The number of benzene rings is 1. The number of aliphatic hydroxyl groups excluding tert-OH is 4. The Morgan fingerprint density at radius 2 is 1.82 bits per heavy atom. The van der Waals surface area contributed by atoms with Crippen molar-refractivity contribution in [1.29, 1.82) is 0 Å². The van der Waals surface area contributed by atoms with Gasteiger partial charge in [0.2, 0.25) is 0 Å². The highest BCUT2D eigenvalue weighted by Crippen LogP contribution is 2.48. The number of carbonyl (C=O) groups excluding carboxylic acids is 2. The van der Waals surface area contributed by atoms with Crippen LogP contribution in [0.3, 0.4) is 0 Å². The van der Waals surface area contributed by atoms with Crippen molar-refractivity contribution in [2.24, 2.45) is 11.8 Å². The third kappa shape index (κ3) is 5.45. The molecule has 9 atom stereocenters. The first-order chi connectivity index (χ1) is 19.0. The predicted molar refractivity (Wildman–Crippen MR) is 137 cm³/mol. The standard InChI is InChI=1S/C29H34O11/c1-13-9-19(31)22-14(2)28(36)40-27(22)23-16(5-8-18(13)23)11-38-29-26(35)25(34)24(33)20(39-29)12-37-21(32)10-15-3-6-17(30)7-4-15/h3-7,19-20,22-27,29-31,33-35H,2,8-12H2,1H3. The Morgan fingerprint density at radius 1 is 1.10 bits per heavy atom. The van der Waals surface area contributed by atoms with Gasteiger partial charge in [-0.05, 0) is 43.0 Å². The van der Waals surface area contributed by atoms with E-state index in [1.54, 1.807) is 12.1 Å². The lowest BCUT2D eigenvalue weighted by Crippen LogP contribution is -2.59. The molecule has 2 aliphatic carbocycles. The van der Waals surface area contributed by atoms with Gasteiger partial charge in [-0.1, -0.05) is 35.9 Å². The Kier molecular flexibility index (Phi) is 8.14. The quantitative estimate of drug-likeness (QED) is 0.178. The number of aromatic hydroxyl groups is 1. The highest BCUT2D eigenvalue weighted by molar-refractivity contribution is 5.91. The summed E-state index contributed by atoms with van der Waals surface area (Å²) in [5.41, 5.74) is 3.66. The Balaban J connectivity index is 1.22. The maximum absolute atomic E-state index is 12.3. The van der Waals surface area contributed by atoms with E-state index in [9.17, 15) is 35.1 Å². The number of phenolic OH excluding ortho intramolecular Hbond substituents is 1. The average Bonchev–Trinajstić information content (AvgIpc) is 3.44. The Bertz CT molecular complexity index is 1220. The molecule has 0 aromatic heterocycles. The zero-order valence-electron chi connectivity index (χ0n) is 22.0. The van der Waals surface area contributed by atoms with Crippen molar-refractivity contribution in [3.8, 4) is 5.75 Å². The van der Waals surface area contributed by atoms with Crippen LogP contribution in [0.4, 0.5) is 0 Å². The van der Waals surface area contributed by atoms with E-state index in [1.807, 2.05) is 13.0 Å². The van der Waals surface area contributed by atoms with Gasteiger partial charge in [0, 0.05) is 11.5 Å². The molecule has 0 amide bonds. The summed E-state index contributed by atoms with van der Waals surface area (Å²) in [6, 6.07) is 6.04. The van der Waals surface area contributed by atoms with Crippen molar-refractivity contribution in [2.45, 2.75) is 69.1 Å². The third-order valence-corrected chi connectivity index (χ3v) is 8.20. The number of ether oxygens (including phenoxy) is 4. The molecular weight excluding hydrogens is 524 g/mol. The SMILES string of the molecule is C=C1C(=O)OC2C3C(COC4OC(COC(=O)Cc5ccc(O)cc5)C(O)C(O)C4O)=CCC3=C(C)CC(O)C12. The summed E-state index contributed by atoms with van der Waals surface area (Å²) < 4.78 is 22.5. The molecule has 0 bridgehead atoms. The smallest absolute Gasteiger partial charge is 0.334 e.